The van der Waals surface area contributed by atoms with Gasteiger partial charge < -0.3 is 10.1 Å². The molecule has 0 aromatic heterocycles. The molecule has 0 heterocycles. The van der Waals surface area contributed by atoms with Crippen LogP contribution in [0.15, 0.2) is 12.1 Å². The van der Waals surface area contributed by atoms with E-state index in [-0.39, 0.29) is 0 Å². The van der Waals surface area contributed by atoms with E-state index in [1.54, 1.807) is 0 Å². The highest BCUT2D eigenvalue weighted by Crippen LogP contribution is 2.27. The SMILES string of the molecule is Cc1cc(Cl)cc(C)c1OCCCCCCNC(C)C. The average Bonchev–Trinajstić information content (AvgIpc) is 2.34. The minimum atomic E-state index is 0.592. The van der Waals surface area contributed by atoms with Crippen LogP contribution in [-0.2, 0) is 0 Å². The zero-order valence-corrected chi connectivity index (χ0v) is 14.0. The highest BCUT2D eigenvalue weighted by atomic mass is 35.5. The molecule has 1 aromatic carbocycles. The lowest BCUT2D eigenvalue weighted by Crippen LogP contribution is -2.23. The van der Waals surface area contributed by atoms with Crippen molar-refractivity contribution in [2.24, 2.45) is 0 Å². The maximum absolute atomic E-state index is 6.02. The topological polar surface area (TPSA) is 21.3 Å². The molecule has 20 heavy (non-hydrogen) atoms. The molecule has 1 N–H and O–H groups in total. The Balaban J connectivity index is 2.16. The van der Waals surface area contributed by atoms with Gasteiger partial charge in [0.15, 0.2) is 0 Å². The van der Waals surface area contributed by atoms with Crippen LogP contribution in [0.2, 0.25) is 5.02 Å². The monoisotopic (exact) mass is 297 g/mol. The minimum absolute atomic E-state index is 0.592. The predicted molar refractivity (Wildman–Crippen MR) is 88.0 cm³/mol. The lowest BCUT2D eigenvalue weighted by atomic mass is 10.1. The summed E-state index contributed by atoms with van der Waals surface area (Å²) in [5.41, 5.74) is 2.24. The van der Waals surface area contributed by atoms with Crippen molar-refractivity contribution in [3.8, 4) is 5.75 Å². The molecule has 114 valence electrons. The lowest BCUT2D eigenvalue weighted by molar-refractivity contribution is 0.300. The third-order valence-corrected chi connectivity index (χ3v) is 3.51. The molecule has 0 saturated carbocycles. The number of benzene rings is 1. The maximum Gasteiger partial charge on any atom is 0.125 e. The van der Waals surface area contributed by atoms with E-state index in [0.29, 0.717) is 6.04 Å². The summed E-state index contributed by atoms with van der Waals surface area (Å²) < 4.78 is 5.89. The molecular weight excluding hydrogens is 270 g/mol. The van der Waals surface area contributed by atoms with Crippen molar-refractivity contribution in [2.45, 2.75) is 59.4 Å². The molecule has 0 aliphatic heterocycles. The van der Waals surface area contributed by atoms with Gasteiger partial charge in [-0.25, -0.2) is 0 Å². The minimum Gasteiger partial charge on any atom is -0.493 e. The van der Waals surface area contributed by atoms with Crippen molar-refractivity contribution in [1.29, 1.82) is 0 Å². The Hall–Kier alpha value is -0.730. The van der Waals surface area contributed by atoms with Crippen LogP contribution in [0, 0.1) is 13.8 Å². The zero-order valence-electron chi connectivity index (χ0n) is 13.3. The van der Waals surface area contributed by atoms with Gasteiger partial charge >= 0.3 is 0 Å². The van der Waals surface area contributed by atoms with Gasteiger partial charge in [-0.15, -0.1) is 0 Å². The van der Waals surface area contributed by atoms with Crippen molar-refractivity contribution in [3.63, 3.8) is 0 Å². The first kappa shape index (κ1) is 17.3. The Kier molecular flexibility index (Phi) is 8.01. The first-order valence-corrected chi connectivity index (χ1v) is 8.01. The number of halogens is 1. The second-order valence-electron chi connectivity index (χ2n) is 5.74. The Morgan fingerprint density at radius 1 is 1.05 bits per heavy atom. The van der Waals surface area contributed by atoms with Crippen molar-refractivity contribution in [3.05, 3.63) is 28.3 Å². The van der Waals surface area contributed by atoms with Crippen LogP contribution < -0.4 is 10.1 Å². The summed E-state index contributed by atoms with van der Waals surface area (Å²) in [6.07, 6.45) is 4.85. The van der Waals surface area contributed by atoms with E-state index in [1.807, 2.05) is 26.0 Å². The van der Waals surface area contributed by atoms with E-state index in [1.165, 1.54) is 19.3 Å². The van der Waals surface area contributed by atoms with Gasteiger partial charge in [-0.1, -0.05) is 38.3 Å². The van der Waals surface area contributed by atoms with E-state index >= 15 is 0 Å². The number of rotatable bonds is 9. The number of hydrogen-bond donors (Lipinski definition) is 1. The molecule has 0 spiro atoms. The Morgan fingerprint density at radius 3 is 2.25 bits per heavy atom. The molecule has 0 amide bonds. The van der Waals surface area contributed by atoms with Crippen LogP contribution in [0.3, 0.4) is 0 Å². The highest BCUT2D eigenvalue weighted by molar-refractivity contribution is 6.30. The molecule has 3 heteroatoms. The van der Waals surface area contributed by atoms with Gasteiger partial charge in [0.1, 0.15) is 5.75 Å². The smallest absolute Gasteiger partial charge is 0.125 e. The van der Waals surface area contributed by atoms with E-state index in [4.69, 9.17) is 16.3 Å². The first-order valence-electron chi connectivity index (χ1n) is 7.63. The summed E-state index contributed by atoms with van der Waals surface area (Å²) in [7, 11) is 0. The molecule has 0 fully saturated rings. The van der Waals surface area contributed by atoms with Gasteiger partial charge in [-0.3, -0.25) is 0 Å². The van der Waals surface area contributed by atoms with Gasteiger partial charge in [0, 0.05) is 11.1 Å². The molecule has 1 aromatic rings. The van der Waals surface area contributed by atoms with Gasteiger partial charge in [0.05, 0.1) is 6.61 Å². The molecule has 2 nitrogen and oxygen atoms in total. The Bertz CT molecular complexity index is 381. The van der Waals surface area contributed by atoms with Crippen LogP contribution >= 0.6 is 11.6 Å². The summed E-state index contributed by atoms with van der Waals surface area (Å²) in [6, 6.07) is 4.51. The summed E-state index contributed by atoms with van der Waals surface area (Å²) in [5, 5.41) is 4.22. The van der Waals surface area contributed by atoms with E-state index in [2.05, 4.69) is 19.2 Å². The Labute approximate surface area is 128 Å². The van der Waals surface area contributed by atoms with Gasteiger partial charge in [0.25, 0.3) is 0 Å². The molecule has 0 radical (unpaired) electrons. The highest BCUT2D eigenvalue weighted by Gasteiger charge is 2.05. The largest absolute Gasteiger partial charge is 0.493 e. The normalized spacial score (nSPS) is 11.1. The fourth-order valence-corrected chi connectivity index (χ4v) is 2.60. The number of hydrogen-bond acceptors (Lipinski definition) is 2. The number of nitrogens with one attached hydrogen (secondary N) is 1. The van der Waals surface area contributed by atoms with E-state index < -0.39 is 0 Å². The summed E-state index contributed by atoms with van der Waals surface area (Å²) in [4.78, 5) is 0. The van der Waals surface area contributed by atoms with Crippen LogP contribution in [0.1, 0.15) is 50.7 Å². The van der Waals surface area contributed by atoms with Crippen LogP contribution in [0.25, 0.3) is 0 Å². The second-order valence-corrected chi connectivity index (χ2v) is 6.18. The predicted octanol–water partition coefficient (Wildman–Crippen LogP) is 4.89. The van der Waals surface area contributed by atoms with E-state index in [9.17, 15) is 0 Å². The third kappa shape index (κ3) is 6.62. The maximum atomic E-state index is 6.02. The molecule has 1 rings (SSSR count). The first-order chi connectivity index (χ1) is 9.50. The van der Waals surface area contributed by atoms with Crippen molar-refractivity contribution in [1.82, 2.24) is 5.32 Å². The van der Waals surface area contributed by atoms with Gasteiger partial charge in [-0.05, 0) is 56.5 Å². The summed E-state index contributed by atoms with van der Waals surface area (Å²) >= 11 is 6.02. The molecule has 0 aliphatic rings. The average molecular weight is 298 g/mol. The molecular formula is C17H28ClNO. The fourth-order valence-electron chi connectivity index (χ4n) is 2.27. The van der Waals surface area contributed by atoms with Crippen LogP contribution in [0.4, 0.5) is 0 Å². The van der Waals surface area contributed by atoms with Gasteiger partial charge in [0.2, 0.25) is 0 Å². The quantitative estimate of drug-likeness (QED) is 0.655. The standard InChI is InChI=1S/C17H28ClNO/c1-13(2)19-9-7-5-6-8-10-20-17-14(3)11-16(18)12-15(17)4/h11-13,19H,5-10H2,1-4H3. The molecule has 0 bridgehead atoms. The third-order valence-electron chi connectivity index (χ3n) is 3.30. The summed E-state index contributed by atoms with van der Waals surface area (Å²) in [6.45, 7) is 10.4. The molecule has 0 aliphatic carbocycles. The summed E-state index contributed by atoms with van der Waals surface area (Å²) in [5.74, 6) is 0.996. The zero-order chi connectivity index (χ0) is 15.0. The van der Waals surface area contributed by atoms with Crippen LogP contribution in [0.5, 0.6) is 5.75 Å². The molecule has 0 atom stereocenters. The molecule has 0 unspecified atom stereocenters. The number of unbranched alkanes of at least 4 members (excludes halogenated alkanes) is 3. The van der Waals surface area contributed by atoms with Crippen molar-refractivity contribution in [2.75, 3.05) is 13.2 Å². The number of aryl methyl sites for hydroxylation is 2. The fraction of sp³-hybridized carbons (Fsp3) is 0.647. The molecule has 0 saturated heterocycles. The lowest BCUT2D eigenvalue weighted by Gasteiger charge is -2.12. The van der Waals surface area contributed by atoms with Crippen molar-refractivity contribution >= 4 is 11.6 Å². The second kappa shape index (κ2) is 9.25. The van der Waals surface area contributed by atoms with Crippen molar-refractivity contribution < 1.29 is 4.74 Å². The van der Waals surface area contributed by atoms with Crippen LogP contribution in [-0.4, -0.2) is 19.2 Å². The van der Waals surface area contributed by atoms with Gasteiger partial charge in [-0.2, -0.15) is 0 Å². The number of ether oxygens (including phenoxy) is 1. The van der Waals surface area contributed by atoms with E-state index in [0.717, 1.165) is 41.5 Å². The Morgan fingerprint density at radius 2 is 1.65 bits per heavy atom.